The minimum Gasteiger partial charge on any atom is -0.456 e. The van der Waals surface area contributed by atoms with Gasteiger partial charge < -0.3 is 23.7 Å². The fourth-order valence-electron chi connectivity index (χ4n) is 13.7. The second-order valence-corrected chi connectivity index (χ2v) is 22.8. The highest BCUT2D eigenvalue weighted by Gasteiger charge is 2.31. The number of para-hydroxylation sites is 6. The van der Waals surface area contributed by atoms with Crippen LogP contribution in [0.1, 0.15) is 69.0 Å². The van der Waals surface area contributed by atoms with Gasteiger partial charge in [-0.05, 0) is 163 Å². The Morgan fingerprint density at radius 2 is 1.09 bits per heavy atom. The number of nitrogens with zero attached hydrogens (tertiary/aromatic N) is 2. The molecular formula is C80H58N2O4. The molecule has 0 atom stereocenters. The standard InChI is InChI=1S/C37H24N2O.C23H20O2.C20H14O/c1-2-13-26(14-3-1)38-31-17-5-4-15-28(31)30-23-27(20-21-32(30)38)39-33-18-6-7-19-35(33)40-37-29-16-9-11-24-10-8-12-25(36(24)29)22-34(37)39;1-2-22(24)25-21-12-4-3-7-18(21)13-16-14-19-10-5-8-17-9-6-11-20(15-16)23(17)19;1-2-10-18-14(5-1)11-16-12-15-8-3-6-13-7-4-9-17(19(13)15)20(16)21-18/h1-15,17-23H,16H2;3-10,12,14-15H,2,11,13H2,1H3;1-8,10,12H,9,11H2. The third-order valence-corrected chi connectivity index (χ3v) is 17.5. The SMILES string of the molecule is C1=Cc2cccc3cc4c(c(c23)C1)Oc1ccccc1C4.C1=Cc2cccc3cc4c(c(c23)C1)Oc1ccccc1N4c1ccc2c(c1)c1ccccc1n2-c1ccccc1.CCC(=O)Oc1ccccc1Cc1cc2c3c(cccc3c1)C=CC2. The molecule has 12 aromatic carbocycles. The number of anilines is 3. The first-order valence-electron chi connectivity index (χ1n) is 29.9. The van der Waals surface area contributed by atoms with Crippen LogP contribution in [0, 0.1) is 0 Å². The van der Waals surface area contributed by atoms with Crippen molar-refractivity contribution in [2.24, 2.45) is 0 Å². The molecule has 3 aliphatic carbocycles. The highest BCUT2D eigenvalue weighted by atomic mass is 16.5. The van der Waals surface area contributed by atoms with Gasteiger partial charge in [-0.25, -0.2) is 0 Å². The molecule has 5 aliphatic rings. The Morgan fingerprint density at radius 1 is 0.465 bits per heavy atom. The first-order chi connectivity index (χ1) is 42.5. The molecule has 18 rings (SSSR count). The highest BCUT2D eigenvalue weighted by molar-refractivity contribution is 6.11. The molecule has 0 amide bonds. The molecule has 0 fully saturated rings. The molecule has 2 aliphatic heterocycles. The zero-order valence-corrected chi connectivity index (χ0v) is 47.6. The minimum absolute atomic E-state index is 0.198. The van der Waals surface area contributed by atoms with Gasteiger partial charge in [0.15, 0.2) is 11.5 Å². The van der Waals surface area contributed by atoms with Crippen LogP contribution in [0.5, 0.6) is 28.7 Å². The van der Waals surface area contributed by atoms with Gasteiger partial charge in [0, 0.05) is 58.1 Å². The highest BCUT2D eigenvalue weighted by Crippen LogP contribution is 2.55. The van der Waals surface area contributed by atoms with Gasteiger partial charge in [0.05, 0.1) is 22.4 Å². The predicted molar refractivity (Wildman–Crippen MR) is 354 cm³/mol. The van der Waals surface area contributed by atoms with Gasteiger partial charge in [0.1, 0.15) is 17.2 Å². The van der Waals surface area contributed by atoms with Crippen molar-refractivity contribution in [3.63, 3.8) is 0 Å². The van der Waals surface area contributed by atoms with Crippen LogP contribution in [0.4, 0.5) is 17.1 Å². The van der Waals surface area contributed by atoms with Crippen LogP contribution in [0.2, 0.25) is 0 Å². The zero-order valence-electron chi connectivity index (χ0n) is 47.6. The molecule has 0 radical (unpaired) electrons. The lowest BCUT2D eigenvalue weighted by atomic mass is 9.87. The largest absolute Gasteiger partial charge is 0.456 e. The fraction of sp³-hybridized carbons (Fsp3) is 0.0875. The van der Waals surface area contributed by atoms with Crippen molar-refractivity contribution in [2.45, 2.75) is 45.4 Å². The van der Waals surface area contributed by atoms with E-state index in [1.165, 1.54) is 104 Å². The number of ether oxygens (including phenoxy) is 3. The third kappa shape index (κ3) is 8.83. The number of carbonyl (C=O) groups is 1. The van der Waals surface area contributed by atoms with Crippen molar-refractivity contribution < 1.29 is 19.0 Å². The molecule has 0 saturated heterocycles. The number of benzene rings is 12. The van der Waals surface area contributed by atoms with Gasteiger partial charge in [-0.3, -0.25) is 4.79 Å². The summed E-state index contributed by atoms with van der Waals surface area (Å²) in [4.78, 5) is 14.1. The topological polar surface area (TPSA) is 52.9 Å². The van der Waals surface area contributed by atoms with E-state index in [2.05, 4.69) is 240 Å². The van der Waals surface area contributed by atoms with Crippen LogP contribution in [0.15, 0.2) is 243 Å². The molecule has 0 spiro atoms. The van der Waals surface area contributed by atoms with E-state index in [1.54, 1.807) is 0 Å². The van der Waals surface area contributed by atoms with Crippen LogP contribution in [0.3, 0.4) is 0 Å². The molecule has 0 unspecified atom stereocenters. The lowest BCUT2D eigenvalue weighted by Gasteiger charge is -2.35. The number of hydrogen-bond acceptors (Lipinski definition) is 5. The Kier molecular flexibility index (Phi) is 12.6. The quantitative estimate of drug-likeness (QED) is 0.123. The second kappa shape index (κ2) is 21.2. The maximum Gasteiger partial charge on any atom is 0.310 e. The monoisotopic (exact) mass is 1110 g/mol. The summed E-state index contributed by atoms with van der Waals surface area (Å²) in [6.07, 6.45) is 18.2. The fourth-order valence-corrected chi connectivity index (χ4v) is 13.7. The maximum absolute atomic E-state index is 11.7. The van der Waals surface area contributed by atoms with Crippen LogP contribution < -0.4 is 19.1 Å². The van der Waals surface area contributed by atoms with Crippen molar-refractivity contribution in [2.75, 3.05) is 4.90 Å². The molecule has 0 N–H and O–H groups in total. The van der Waals surface area contributed by atoms with Crippen LogP contribution in [0.25, 0.3) is 78.0 Å². The number of aromatic nitrogens is 1. The maximum atomic E-state index is 11.7. The average molecular weight is 1110 g/mol. The van der Waals surface area contributed by atoms with Gasteiger partial charge in [0.25, 0.3) is 0 Å². The Balaban J connectivity index is 0.000000112. The summed E-state index contributed by atoms with van der Waals surface area (Å²) in [5, 5.41) is 10.3. The summed E-state index contributed by atoms with van der Waals surface area (Å²) in [7, 11) is 0. The Hall–Kier alpha value is -10.7. The van der Waals surface area contributed by atoms with Gasteiger partial charge in [0.2, 0.25) is 0 Å². The summed E-state index contributed by atoms with van der Waals surface area (Å²) >= 11 is 0. The molecule has 0 bridgehead atoms. The number of esters is 1. The zero-order chi connectivity index (χ0) is 57.2. The van der Waals surface area contributed by atoms with E-state index >= 15 is 0 Å². The van der Waals surface area contributed by atoms with E-state index < -0.39 is 0 Å². The van der Waals surface area contributed by atoms with Crippen molar-refractivity contribution in [3.05, 3.63) is 298 Å². The Bertz CT molecular complexity index is 5020. The van der Waals surface area contributed by atoms with Crippen molar-refractivity contribution >= 4 is 95.4 Å². The van der Waals surface area contributed by atoms with E-state index in [1.807, 2.05) is 37.3 Å². The first-order valence-corrected chi connectivity index (χ1v) is 29.9. The molecule has 412 valence electrons. The summed E-state index contributed by atoms with van der Waals surface area (Å²) in [6, 6.07) is 79.4. The lowest BCUT2D eigenvalue weighted by Crippen LogP contribution is -2.17. The normalized spacial score (nSPS) is 13.4. The predicted octanol–water partition coefficient (Wildman–Crippen LogP) is 20.5. The van der Waals surface area contributed by atoms with Crippen LogP contribution >= 0.6 is 0 Å². The van der Waals surface area contributed by atoms with Crippen LogP contribution in [-0.4, -0.2) is 10.5 Å². The number of allylic oxidation sites excluding steroid dienone is 3. The summed E-state index contributed by atoms with van der Waals surface area (Å²) in [5.74, 6) is 4.39. The van der Waals surface area contributed by atoms with Gasteiger partial charge in [-0.15, -0.1) is 0 Å². The minimum atomic E-state index is -0.198. The molecule has 3 heterocycles. The number of fused-ring (bicyclic) bond motifs is 9. The summed E-state index contributed by atoms with van der Waals surface area (Å²) in [6.45, 7) is 1.81. The Labute approximate surface area is 499 Å². The number of rotatable bonds is 6. The molecular weight excluding hydrogens is 1050 g/mol. The first kappa shape index (κ1) is 51.0. The van der Waals surface area contributed by atoms with Crippen molar-refractivity contribution in [3.8, 4) is 34.4 Å². The molecule has 6 heteroatoms. The third-order valence-electron chi connectivity index (χ3n) is 17.5. The van der Waals surface area contributed by atoms with E-state index in [0.29, 0.717) is 12.2 Å². The summed E-state index contributed by atoms with van der Waals surface area (Å²) in [5.41, 5.74) is 19.5. The van der Waals surface area contributed by atoms with Gasteiger partial charge in [-0.1, -0.05) is 195 Å². The number of carbonyl (C=O) groups excluding carboxylic acids is 1. The smallest absolute Gasteiger partial charge is 0.310 e. The van der Waals surface area contributed by atoms with Gasteiger partial charge in [-0.2, -0.15) is 0 Å². The van der Waals surface area contributed by atoms with Crippen molar-refractivity contribution in [1.29, 1.82) is 0 Å². The molecule has 13 aromatic rings. The van der Waals surface area contributed by atoms with E-state index in [4.69, 9.17) is 14.2 Å². The molecule has 86 heavy (non-hydrogen) atoms. The Morgan fingerprint density at radius 3 is 1.88 bits per heavy atom. The molecule has 1 aromatic heterocycles. The van der Waals surface area contributed by atoms with E-state index in [0.717, 1.165) is 83.4 Å². The van der Waals surface area contributed by atoms with E-state index in [9.17, 15) is 4.79 Å². The lowest BCUT2D eigenvalue weighted by molar-refractivity contribution is -0.134. The van der Waals surface area contributed by atoms with Gasteiger partial charge >= 0.3 is 5.97 Å². The molecule has 6 nitrogen and oxygen atoms in total. The number of hydrogen-bond donors (Lipinski definition) is 0. The summed E-state index contributed by atoms with van der Waals surface area (Å²) < 4.78 is 20.8. The average Bonchev–Trinajstić information content (AvgIpc) is 1.35. The molecule has 0 saturated carbocycles. The van der Waals surface area contributed by atoms with Crippen molar-refractivity contribution in [1.82, 2.24) is 4.57 Å². The second-order valence-electron chi connectivity index (χ2n) is 22.8. The van der Waals surface area contributed by atoms with Crippen LogP contribution in [-0.2, 0) is 36.9 Å². The van der Waals surface area contributed by atoms with E-state index in [-0.39, 0.29) is 5.97 Å².